The lowest BCUT2D eigenvalue weighted by molar-refractivity contribution is -0.148. The molecule has 30 heavy (non-hydrogen) atoms. The average molecular weight is 424 g/mol. The van der Waals surface area contributed by atoms with Crippen molar-refractivity contribution in [2.45, 2.75) is 63.6 Å². The van der Waals surface area contributed by atoms with Gasteiger partial charge < -0.3 is 25.2 Å². The van der Waals surface area contributed by atoms with Crippen LogP contribution in [0, 0.1) is 0 Å². The van der Waals surface area contributed by atoms with Gasteiger partial charge in [0.15, 0.2) is 0 Å². The molecule has 2 saturated heterocycles. The van der Waals surface area contributed by atoms with Crippen LogP contribution in [0.25, 0.3) is 0 Å². The molecule has 2 N–H and O–H groups in total. The number of ether oxygens (including phenoxy) is 1. The number of rotatable bonds is 5. The standard InChI is InChI=1S/C21H37N5O4/c1-16(27)26(15-20(28)30-2)19-5-3-17(4-6-19)23-21(29)25-13-11-24(12-14-25)18-7-9-22-10-8-18/h17-19,22H,3-15H2,1-2H3,(H,23,29). The Labute approximate surface area is 179 Å². The highest BCUT2D eigenvalue weighted by Crippen LogP contribution is 2.24. The largest absolute Gasteiger partial charge is 0.468 e. The Bertz CT molecular complexity index is 594. The van der Waals surface area contributed by atoms with Crippen molar-refractivity contribution in [2.75, 3.05) is 52.9 Å². The fourth-order valence-corrected chi connectivity index (χ4v) is 4.96. The molecule has 3 amide bonds. The summed E-state index contributed by atoms with van der Waals surface area (Å²) in [5, 5.41) is 6.60. The molecule has 0 radical (unpaired) electrons. The van der Waals surface area contributed by atoms with Crippen LogP contribution in [0.5, 0.6) is 0 Å². The monoisotopic (exact) mass is 423 g/mol. The van der Waals surface area contributed by atoms with E-state index in [9.17, 15) is 14.4 Å². The number of nitrogens with zero attached hydrogens (tertiary/aromatic N) is 3. The Morgan fingerprint density at radius 2 is 1.63 bits per heavy atom. The molecule has 170 valence electrons. The molecule has 0 aromatic heterocycles. The van der Waals surface area contributed by atoms with Gasteiger partial charge in [0.2, 0.25) is 5.91 Å². The van der Waals surface area contributed by atoms with Gasteiger partial charge in [-0.3, -0.25) is 14.5 Å². The molecule has 1 saturated carbocycles. The first-order valence-corrected chi connectivity index (χ1v) is 11.3. The maximum Gasteiger partial charge on any atom is 0.325 e. The van der Waals surface area contributed by atoms with Gasteiger partial charge in [0.05, 0.1) is 7.11 Å². The summed E-state index contributed by atoms with van der Waals surface area (Å²) in [6.45, 7) is 7.13. The van der Waals surface area contributed by atoms with Crippen molar-refractivity contribution in [2.24, 2.45) is 0 Å². The number of piperidine rings is 1. The first-order valence-electron chi connectivity index (χ1n) is 11.3. The van der Waals surface area contributed by atoms with Crippen LogP contribution in [0.15, 0.2) is 0 Å². The summed E-state index contributed by atoms with van der Waals surface area (Å²) in [6, 6.07) is 0.841. The normalized spacial score (nSPS) is 26.1. The Hall–Kier alpha value is -1.87. The van der Waals surface area contributed by atoms with Crippen LogP contribution in [0.4, 0.5) is 4.79 Å². The summed E-state index contributed by atoms with van der Waals surface area (Å²) in [7, 11) is 1.33. The van der Waals surface area contributed by atoms with Crippen LogP contribution < -0.4 is 10.6 Å². The summed E-state index contributed by atoms with van der Waals surface area (Å²) in [4.78, 5) is 42.3. The first-order chi connectivity index (χ1) is 14.5. The summed E-state index contributed by atoms with van der Waals surface area (Å²) in [5.74, 6) is -0.510. The molecule has 0 atom stereocenters. The summed E-state index contributed by atoms with van der Waals surface area (Å²) in [5.41, 5.74) is 0. The third-order valence-electron chi connectivity index (χ3n) is 6.82. The summed E-state index contributed by atoms with van der Waals surface area (Å²) < 4.78 is 4.71. The average Bonchev–Trinajstić information content (AvgIpc) is 2.78. The van der Waals surface area contributed by atoms with Gasteiger partial charge in [0.25, 0.3) is 0 Å². The third kappa shape index (κ3) is 6.07. The van der Waals surface area contributed by atoms with E-state index in [4.69, 9.17) is 4.74 Å². The molecule has 0 aromatic carbocycles. The van der Waals surface area contributed by atoms with Gasteiger partial charge in [-0.15, -0.1) is 0 Å². The molecule has 3 rings (SSSR count). The zero-order valence-corrected chi connectivity index (χ0v) is 18.4. The lowest BCUT2D eigenvalue weighted by atomic mass is 9.90. The van der Waals surface area contributed by atoms with E-state index in [1.165, 1.54) is 26.9 Å². The van der Waals surface area contributed by atoms with Gasteiger partial charge in [-0.2, -0.15) is 0 Å². The van der Waals surface area contributed by atoms with Gasteiger partial charge >= 0.3 is 12.0 Å². The van der Waals surface area contributed by atoms with E-state index in [2.05, 4.69) is 15.5 Å². The molecule has 0 bridgehead atoms. The summed E-state index contributed by atoms with van der Waals surface area (Å²) >= 11 is 0. The fraction of sp³-hybridized carbons (Fsp3) is 0.857. The van der Waals surface area contributed by atoms with E-state index in [1.54, 1.807) is 4.90 Å². The molecule has 9 heteroatoms. The van der Waals surface area contributed by atoms with Crippen LogP contribution in [0.2, 0.25) is 0 Å². The number of amides is 3. The smallest absolute Gasteiger partial charge is 0.325 e. The quantitative estimate of drug-likeness (QED) is 0.622. The van der Waals surface area contributed by atoms with Crippen molar-refractivity contribution >= 4 is 17.9 Å². The Kier molecular flexibility index (Phi) is 8.32. The highest BCUT2D eigenvalue weighted by Gasteiger charge is 2.31. The van der Waals surface area contributed by atoms with E-state index in [0.29, 0.717) is 6.04 Å². The molecule has 3 aliphatic rings. The number of esters is 1. The Balaban J connectivity index is 1.40. The lowest BCUT2D eigenvalue weighted by Crippen LogP contribution is -2.57. The number of methoxy groups -OCH3 is 1. The predicted octanol–water partition coefficient (Wildman–Crippen LogP) is 0.398. The maximum absolute atomic E-state index is 12.7. The van der Waals surface area contributed by atoms with E-state index in [-0.39, 0.29) is 30.6 Å². The van der Waals surface area contributed by atoms with E-state index >= 15 is 0 Å². The Morgan fingerprint density at radius 3 is 2.20 bits per heavy atom. The number of carbonyl (C=O) groups is 3. The minimum Gasteiger partial charge on any atom is -0.468 e. The van der Waals surface area contributed by atoms with E-state index in [0.717, 1.165) is 65.0 Å². The van der Waals surface area contributed by atoms with Gasteiger partial charge in [-0.05, 0) is 51.6 Å². The van der Waals surface area contributed by atoms with Gasteiger partial charge in [-0.1, -0.05) is 0 Å². The molecule has 9 nitrogen and oxygen atoms in total. The number of nitrogens with one attached hydrogen (secondary N) is 2. The van der Waals surface area contributed by atoms with Crippen molar-refractivity contribution in [1.82, 2.24) is 25.3 Å². The number of carbonyl (C=O) groups excluding carboxylic acids is 3. The zero-order valence-electron chi connectivity index (χ0n) is 18.4. The highest BCUT2D eigenvalue weighted by atomic mass is 16.5. The first kappa shape index (κ1) is 22.8. The van der Waals surface area contributed by atoms with Crippen molar-refractivity contribution in [3.63, 3.8) is 0 Å². The van der Waals surface area contributed by atoms with Crippen LogP contribution in [-0.2, 0) is 14.3 Å². The number of hydrogen-bond acceptors (Lipinski definition) is 6. The van der Waals surface area contributed by atoms with Crippen LogP contribution in [0.3, 0.4) is 0 Å². The number of piperazine rings is 1. The number of hydrogen-bond donors (Lipinski definition) is 2. The van der Waals surface area contributed by atoms with Gasteiger partial charge in [-0.25, -0.2) is 4.79 Å². The van der Waals surface area contributed by atoms with Crippen LogP contribution in [0.1, 0.15) is 45.4 Å². The van der Waals surface area contributed by atoms with Crippen molar-refractivity contribution < 1.29 is 19.1 Å². The van der Waals surface area contributed by atoms with Crippen molar-refractivity contribution in [1.29, 1.82) is 0 Å². The van der Waals surface area contributed by atoms with Gasteiger partial charge in [0, 0.05) is 51.2 Å². The number of urea groups is 1. The lowest BCUT2D eigenvalue weighted by Gasteiger charge is -2.41. The second kappa shape index (κ2) is 10.9. The molecule has 0 aromatic rings. The maximum atomic E-state index is 12.7. The molecule has 2 heterocycles. The Morgan fingerprint density at radius 1 is 1.00 bits per heavy atom. The van der Waals surface area contributed by atoms with Crippen molar-refractivity contribution in [3.05, 3.63) is 0 Å². The second-order valence-electron chi connectivity index (χ2n) is 8.68. The zero-order chi connectivity index (χ0) is 21.5. The summed E-state index contributed by atoms with van der Waals surface area (Å²) in [6.07, 6.45) is 5.59. The van der Waals surface area contributed by atoms with Crippen molar-refractivity contribution in [3.8, 4) is 0 Å². The minimum atomic E-state index is -0.399. The molecule has 3 fully saturated rings. The van der Waals surface area contributed by atoms with E-state index < -0.39 is 5.97 Å². The van der Waals surface area contributed by atoms with Crippen LogP contribution in [-0.4, -0.2) is 104 Å². The topological polar surface area (TPSA) is 94.2 Å². The second-order valence-corrected chi connectivity index (χ2v) is 8.68. The minimum absolute atomic E-state index is 0.00510. The molecular formula is C21H37N5O4. The molecule has 0 spiro atoms. The molecule has 2 aliphatic heterocycles. The molecular weight excluding hydrogens is 386 g/mol. The molecule has 0 unspecified atom stereocenters. The SMILES string of the molecule is COC(=O)CN(C(C)=O)C1CCC(NC(=O)N2CCN(C3CCNCC3)CC2)CC1. The van der Waals surface area contributed by atoms with E-state index in [1.807, 2.05) is 4.90 Å². The van der Waals surface area contributed by atoms with Gasteiger partial charge in [0.1, 0.15) is 6.54 Å². The predicted molar refractivity (Wildman–Crippen MR) is 113 cm³/mol. The van der Waals surface area contributed by atoms with Crippen LogP contribution >= 0.6 is 0 Å². The third-order valence-corrected chi connectivity index (χ3v) is 6.82. The molecule has 1 aliphatic carbocycles. The fourth-order valence-electron chi connectivity index (χ4n) is 4.96. The highest BCUT2D eigenvalue weighted by molar-refractivity contribution is 5.80.